The quantitative estimate of drug-likeness (QED) is 0.122. The highest BCUT2D eigenvalue weighted by atomic mass is 19.1. The van der Waals surface area contributed by atoms with Gasteiger partial charge < -0.3 is 9.84 Å². The summed E-state index contributed by atoms with van der Waals surface area (Å²) < 4.78 is 20.5. The molecule has 0 aliphatic heterocycles. The van der Waals surface area contributed by atoms with E-state index in [9.17, 15) is 9.90 Å². The lowest BCUT2D eigenvalue weighted by molar-refractivity contribution is -0.137. The number of aryl methyl sites for hydroxylation is 1. The molecule has 1 aliphatic rings. The molecule has 0 radical (unpaired) electrons. The summed E-state index contributed by atoms with van der Waals surface area (Å²) in [5.74, 6) is 0.852. The van der Waals surface area contributed by atoms with Gasteiger partial charge in [0.05, 0.1) is 6.61 Å². The van der Waals surface area contributed by atoms with Crippen molar-refractivity contribution >= 4 is 5.97 Å². The van der Waals surface area contributed by atoms with Gasteiger partial charge in [-0.15, -0.1) is 0 Å². The molecule has 0 bridgehead atoms. The molecule has 4 rings (SSSR count). The van der Waals surface area contributed by atoms with E-state index in [1.165, 1.54) is 56.9 Å². The van der Waals surface area contributed by atoms with Crippen LogP contribution in [0.3, 0.4) is 0 Å². The van der Waals surface area contributed by atoms with Crippen LogP contribution in [0.1, 0.15) is 87.3 Å². The molecule has 0 spiro atoms. The van der Waals surface area contributed by atoms with E-state index in [2.05, 4.69) is 37.8 Å². The van der Waals surface area contributed by atoms with E-state index >= 15 is 4.39 Å². The van der Waals surface area contributed by atoms with Crippen molar-refractivity contribution in [3.63, 3.8) is 0 Å². The maximum absolute atomic E-state index is 15.4. The highest BCUT2D eigenvalue weighted by molar-refractivity contribution is 5.81. The molecule has 1 N–H and O–H groups in total. The van der Waals surface area contributed by atoms with Gasteiger partial charge in [-0.25, -0.2) is 9.18 Å². The fourth-order valence-corrected chi connectivity index (χ4v) is 6.23. The normalized spacial score (nSPS) is 16.9. The summed E-state index contributed by atoms with van der Waals surface area (Å²) in [6.45, 7) is 6.01. The van der Waals surface area contributed by atoms with Gasteiger partial charge in [0, 0.05) is 18.2 Å². The number of carbonyl (C=O) groups is 1. The Hall–Kier alpha value is -3.24. The maximum atomic E-state index is 15.4. The predicted molar refractivity (Wildman–Crippen MR) is 166 cm³/mol. The molecule has 41 heavy (non-hydrogen) atoms. The zero-order valence-corrected chi connectivity index (χ0v) is 24.5. The number of benzene rings is 3. The van der Waals surface area contributed by atoms with Crippen molar-refractivity contribution in [1.82, 2.24) is 0 Å². The fourth-order valence-electron chi connectivity index (χ4n) is 6.23. The molecule has 0 unspecified atom stereocenters. The standard InChI is InChI=1S/C37H45FO3/c1-3-5-6-8-27-10-12-28(13-11-27)29-14-16-30(17-15-29)33-20-21-35(36(38)26-33)34-19-18-31(22-23-39)32(25-34)9-7-24-41-37(40)4-2/h4,14-21,25-28,39H,2-3,5-13,22-24H2,1H3. The first-order valence-corrected chi connectivity index (χ1v) is 15.4. The molecule has 0 heterocycles. The minimum atomic E-state index is -0.438. The highest BCUT2D eigenvalue weighted by Gasteiger charge is 2.22. The Labute approximate surface area is 245 Å². The van der Waals surface area contributed by atoms with E-state index < -0.39 is 5.97 Å². The zero-order valence-electron chi connectivity index (χ0n) is 24.5. The number of hydrogen-bond acceptors (Lipinski definition) is 3. The molecule has 3 aromatic rings. The number of ether oxygens (including phenoxy) is 1. The molecule has 1 saturated carbocycles. The van der Waals surface area contributed by atoms with Crippen LogP contribution < -0.4 is 0 Å². The van der Waals surface area contributed by atoms with Crippen molar-refractivity contribution in [3.05, 3.63) is 95.8 Å². The molecule has 3 nitrogen and oxygen atoms in total. The van der Waals surface area contributed by atoms with Crippen LogP contribution in [-0.4, -0.2) is 24.3 Å². The van der Waals surface area contributed by atoms with E-state index in [1.807, 2.05) is 30.3 Å². The summed E-state index contributed by atoms with van der Waals surface area (Å²) in [4.78, 5) is 11.3. The first-order chi connectivity index (χ1) is 20.0. The van der Waals surface area contributed by atoms with E-state index in [-0.39, 0.29) is 19.0 Å². The van der Waals surface area contributed by atoms with Crippen LogP contribution in [0.25, 0.3) is 22.3 Å². The molecule has 0 atom stereocenters. The monoisotopic (exact) mass is 556 g/mol. The molecular formula is C37H45FO3. The Morgan fingerprint density at radius 3 is 2.32 bits per heavy atom. The summed E-state index contributed by atoms with van der Waals surface area (Å²) in [5.41, 5.74) is 6.71. The second kappa shape index (κ2) is 15.7. The minimum Gasteiger partial charge on any atom is -0.463 e. The number of halogens is 1. The Bertz CT molecular complexity index is 1270. The van der Waals surface area contributed by atoms with Crippen molar-refractivity contribution in [2.75, 3.05) is 13.2 Å². The third-order valence-corrected chi connectivity index (χ3v) is 8.65. The zero-order chi connectivity index (χ0) is 29.0. The third kappa shape index (κ3) is 8.63. The van der Waals surface area contributed by atoms with E-state index in [0.717, 1.165) is 39.8 Å². The van der Waals surface area contributed by atoms with E-state index in [1.54, 1.807) is 6.07 Å². The van der Waals surface area contributed by atoms with Gasteiger partial charge in [-0.1, -0.05) is 93.8 Å². The van der Waals surface area contributed by atoms with Crippen LogP contribution >= 0.6 is 0 Å². The summed E-state index contributed by atoms with van der Waals surface area (Å²) in [6.07, 6.45) is 13.6. The predicted octanol–water partition coefficient (Wildman–Crippen LogP) is 9.21. The maximum Gasteiger partial charge on any atom is 0.330 e. The van der Waals surface area contributed by atoms with Crippen molar-refractivity contribution in [2.24, 2.45) is 5.92 Å². The average molecular weight is 557 g/mol. The molecular weight excluding hydrogens is 511 g/mol. The number of rotatable bonds is 14. The Balaban J connectivity index is 1.41. The first-order valence-electron chi connectivity index (χ1n) is 15.4. The summed E-state index contributed by atoms with van der Waals surface area (Å²) in [5, 5.41) is 9.49. The number of unbranched alkanes of at least 4 members (excludes halogenated alkanes) is 2. The van der Waals surface area contributed by atoms with Crippen molar-refractivity contribution < 1.29 is 19.0 Å². The molecule has 0 aromatic heterocycles. The topological polar surface area (TPSA) is 46.5 Å². The van der Waals surface area contributed by atoms with Gasteiger partial charge in [0.2, 0.25) is 0 Å². The highest BCUT2D eigenvalue weighted by Crippen LogP contribution is 2.38. The third-order valence-electron chi connectivity index (χ3n) is 8.65. The average Bonchev–Trinajstić information content (AvgIpc) is 3.00. The first kappa shape index (κ1) is 30.7. The summed E-state index contributed by atoms with van der Waals surface area (Å²) in [7, 11) is 0. The van der Waals surface area contributed by atoms with Crippen LogP contribution in [0.2, 0.25) is 0 Å². The van der Waals surface area contributed by atoms with Crippen molar-refractivity contribution in [2.45, 2.75) is 83.5 Å². The molecule has 218 valence electrons. The largest absolute Gasteiger partial charge is 0.463 e. The number of carbonyl (C=O) groups excluding carboxylic acids is 1. The molecule has 0 amide bonds. The molecule has 1 fully saturated rings. The van der Waals surface area contributed by atoms with Crippen LogP contribution in [0.4, 0.5) is 4.39 Å². The number of aliphatic hydroxyl groups excluding tert-OH is 1. The van der Waals surface area contributed by atoms with Gasteiger partial charge in [-0.2, -0.15) is 0 Å². The molecule has 4 heteroatoms. The fraction of sp³-hybridized carbons (Fsp3) is 0.432. The van der Waals surface area contributed by atoms with Crippen molar-refractivity contribution in [1.29, 1.82) is 0 Å². The SMILES string of the molecule is C=CC(=O)OCCCc1cc(-c2ccc(-c3ccc(C4CCC(CCCCC)CC4)cc3)cc2F)ccc1CCO. The number of aliphatic hydroxyl groups is 1. The van der Waals surface area contributed by atoms with Gasteiger partial charge in [0.25, 0.3) is 0 Å². The summed E-state index contributed by atoms with van der Waals surface area (Å²) in [6, 6.07) is 20.1. The lowest BCUT2D eigenvalue weighted by Crippen LogP contribution is -2.13. The van der Waals surface area contributed by atoms with Gasteiger partial charge in [-0.05, 0) is 96.2 Å². The van der Waals surface area contributed by atoms with Gasteiger partial charge in [0.1, 0.15) is 5.82 Å². The summed E-state index contributed by atoms with van der Waals surface area (Å²) >= 11 is 0. The lowest BCUT2D eigenvalue weighted by atomic mass is 9.77. The molecule has 1 aliphatic carbocycles. The Kier molecular flexibility index (Phi) is 11.7. The lowest BCUT2D eigenvalue weighted by Gasteiger charge is -2.29. The molecule has 3 aromatic carbocycles. The van der Waals surface area contributed by atoms with E-state index in [4.69, 9.17) is 4.74 Å². The Morgan fingerprint density at radius 1 is 0.902 bits per heavy atom. The van der Waals surface area contributed by atoms with E-state index in [0.29, 0.717) is 30.7 Å². The van der Waals surface area contributed by atoms with Gasteiger partial charge >= 0.3 is 5.97 Å². The number of hydrogen-bond donors (Lipinski definition) is 1. The van der Waals surface area contributed by atoms with Crippen molar-refractivity contribution in [3.8, 4) is 22.3 Å². The van der Waals surface area contributed by atoms with Gasteiger partial charge in [-0.3, -0.25) is 0 Å². The van der Waals surface area contributed by atoms with Crippen LogP contribution in [0.15, 0.2) is 73.3 Å². The molecule has 0 saturated heterocycles. The minimum absolute atomic E-state index is 0.0416. The second-order valence-electron chi connectivity index (χ2n) is 11.5. The number of esters is 1. The smallest absolute Gasteiger partial charge is 0.330 e. The van der Waals surface area contributed by atoms with Gasteiger partial charge in [0.15, 0.2) is 0 Å². The van der Waals surface area contributed by atoms with Crippen LogP contribution in [0.5, 0.6) is 0 Å². The Morgan fingerprint density at radius 2 is 1.63 bits per heavy atom. The second-order valence-corrected chi connectivity index (χ2v) is 11.5. The van der Waals surface area contributed by atoms with Crippen LogP contribution in [-0.2, 0) is 22.4 Å². The van der Waals surface area contributed by atoms with Crippen LogP contribution in [0, 0.1) is 11.7 Å².